The van der Waals surface area contributed by atoms with Crippen molar-refractivity contribution in [2.75, 3.05) is 26.0 Å². The minimum absolute atomic E-state index is 0.120. The van der Waals surface area contributed by atoms with Crippen LogP contribution in [0.5, 0.6) is 0 Å². The van der Waals surface area contributed by atoms with E-state index in [1.54, 1.807) is 20.2 Å². The Balaban J connectivity index is 1.89. The van der Waals surface area contributed by atoms with Crippen LogP contribution < -0.4 is 5.32 Å². The van der Waals surface area contributed by atoms with Gasteiger partial charge in [-0.25, -0.2) is 0 Å². The average molecular weight is 276 g/mol. The monoisotopic (exact) mass is 276 g/mol. The van der Waals surface area contributed by atoms with Gasteiger partial charge in [0.25, 0.3) is 5.91 Å². The fourth-order valence-electron chi connectivity index (χ4n) is 2.70. The smallest absolute Gasteiger partial charge is 0.273 e. The zero-order chi connectivity index (χ0) is 14.5. The van der Waals surface area contributed by atoms with E-state index in [9.17, 15) is 4.79 Å². The van der Waals surface area contributed by atoms with E-state index in [0.717, 1.165) is 18.3 Å². The summed E-state index contributed by atoms with van der Waals surface area (Å²) in [4.78, 5) is 13.2. The Bertz CT molecular complexity index is 444. The van der Waals surface area contributed by atoms with Gasteiger partial charge < -0.3 is 10.2 Å². The molecule has 1 heterocycles. The first kappa shape index (κ1) is 14.8. The second-order valence-corrected chi connectivity index (χ2v) is 5.91. The van der Waals surface area contributed by atoms with Crippen LogP contribution in [0.25, 0.3) is 0 Å². The van der Waals surface area contributed by atoms with Crippen molar-refractivity contribution >= 4 is 11.7 Å². The molecular formula is C15H24N4O. The molecule has 5 nitrogen and oxygen atoms in total. The average Bonchev–Trinajstić information content (AvgIpc) is 2.46. The topological polar surface area (TPSA) is 58.1 Å². The van der Waals surface area contributed by atoms with Crippen molar-refractivity contribution in [3.8, 4) is 0 Å². The van der Waals surface area contributed by atoms with Gasteiger partial charge in [-0.15, -0.1) is 10.2 Å². The maximum Gasteiger partial charge on any atom is 0.273 e. The predicted molar refractivity (Wildman–Crippen MR) is 79.7 cm³/mol. The van der Waals surface area contributed by atoms with E-state index < -0.39 is 0 Å². The second-order valence-electron chi connectivity index (χ2n) is 5.91. The molecule has 1 aromatic heterocycles. The molecule has 0 aromatic carbocycles. The zero-order valence-corrected chi connectivity index (χ0v) is 12.6. The SMILES string of the molecule is CC1CCCCC1CNc1ccc(C(=O)N(C)C)nn1. The van der Waals surface area contributed by atoms with Crippen LogP contribution in [0.1, 0.15) is 43.1 Å². The molecule has 0 saturated heterocycles. The molecule has 20 heavy (non-hydrogen) atoms. The molecule has 1 amide bonds. The molecule has 2 atom stereocenters. The third-order valence-electron chi connectivity index (χ3n) is 4.12. The maximum atomic E-state index is 11.7. The van der Waals surface area contributed by atoms with E-state index in [-0.39, 0.29) is 5.91 Å². The van der Waals surface area contributed by atoms with Gasteiger partial charge in [0.1, 0.15) is 5.82 Å². The van der Waals surface area contributed by atoms with Gasteiger partial charge in [-0.2, -0.15) is 0 Å². The van der Waals surface area contributed by atoms with Gasteiger partial charge >= 0.3 is 0 Å². The fourth-order valence-corrected chi connectivity index (χ4v) is 2.70. The molecule has 1 fully saturated rings. The second kappa shape index (κ2) is 6.68. The summed E-state index contributed by atoms with van der Waals surface area (Å²) in [7, 11) is 3.42. The molecule has 2 rings (SSSR count). The Kier molecular flexibility index (Phi) is 4.93. The summed E-state index contributed by atoms with van der Waals surface area (Å²) in [6.07, 6.45) is 5.31. The molecule has 2 unspecified atom stereocenters. The molecule has 110 valence electrons. The van der Waals surface area contributed by atoms with Crippen LogP contribution in [-0.2, 0) is 0 Å². The van der Waals surface area contributed by atoms with Gasteiger partial charge in [-0.3, -0.25) is 4.79 Å². The normalized spacial score (nSPS) is 22.4. The lowest BCUT2D eigenvalue weighted by atomic mass is 9.80. The number of aromatic nitrogens is 2. The third-order valence-corrected chi connectivity index (χ3v) is 4.12. The van der Waals surface area contributed by atoms with Crippen molar-refractivity contribution in [3.05, 3.63) is 17.8 Å². The highest BCUT2D eigenvalue weighted by Gasteiger charge is 2.21. The van der Waals surface area contributed by atoms with Gasteiger partial charge in [0.2, 0.25) is 0 Å². The van der Waals surface area contributed by atoms with E-state index in [2.05, 4.69) is 22.4 Å². The number of hydrogen-bond acceptors (Lipinski definition) is 4. The predicted octanol–water partition coefficient (Wildman–Crippen LogP) is 2.42. The number of hydrogen-bond donors (Lipinski definition) is 1. The number of carbonyl (C=O) groups excluding carboxylic acids is 1. The maximum absolute atomic E-state index is 11.7. The first-order valence-corrected chi connectivity index (χ1v) is 7.37. The molecule has 0 aliphatic heterocycles. The van der Waals surface area contributed by atoms with Crippen LogP contribution >= 0.6 is 0 Å². The molecule has 0 radical (unpaired) electrons. The summed E-state index contributed by atoms with van der Waals surface area (Å²) in [5.41, 5.74) is 0.381. The number of anilines is 1. The highest BCUT2D eigenvalue weighted by molar-refractivity contribution is 5.91. The van der Waals surface area contributed by atoms with Crippen molar-refractivity contribution in [1.29, 1.82) is 0 Å². The van der Waals surface area contributed by atoms with Crippen LogP contribution in [-0.4, -0.2) is 41.6 Å². The Labute approximate surface area is 120 Å². The van der Waals surface area contributed by atoms with E-state index >= 15 is 0 Å². The highest BCUT2D eigenvalue weighted by Crippen LogP contribution is 2.29. The number of carbonyl (C=O) groups is 1. The van der Waals surface area contributed by atoms with Gasteiger partial charge in [0, 0.05) is 20.6 Å². The summed E-state index contributed by atoms with van der Waals surface area (Å²) in [6.45, 7) is 3.27. The first-order chi connectivity index (χ1) is 9.58. The van der Waals surface area contributed by atoms with Gasteiger partial charge in [-0.05, 0) is 30.4 Å². The molecule has 0 bridgehead atoms. The Morgan fingerprint density at radius 3 is 2.65 bits per heavy atom. The third kappa shape index (κ3) is 3.68. The minimum atomic E-state index is -0.120. The van der Waals surface area contributed by atoms with Gasteiger partial charge in [0.15, 0.2) is 5.69 Å². The Hall–Kier alpha value is -1.65. The van der Waals surface area contributed by atoms with Crippen molar-refractivity contribution < 1.29 is 4.79 Å². The first-order valence-electron chi connectivity index (χ1n) is 7.37. The number of nitrogens with zero attached hydrogens (tertiary/aromatic N) is 3. The lowest BCUT2D eigenvalue weighted by molar-refractivity contribution is 0.0821. The molecule has 1 aliphatic rings. The van der Waals surface area contributed by atoms with Crippen molar-refractivity contribution in [2.45, 2.75) is 32.6 Å². The van der Waals surface area contributed by atoms with Crippen LogP contribution in [0.15, 0.2) is 12.1 Å². The minimum Gasteiger partial charge on any atom is -0.368 e. The fraction of sp³-hybridized carbons (Fsp3) is 0.667. The highest BCUT2D eigenvalue weighted by atomic mass is 16.2. The largest absolute Gasteiger partial charge is 0.368 e. The van der Waals surface area contributed by atoms with Crippen molar-refractivity contribution in [1.82, 2.24) is 15.1 Å². The Morgan fingerprint density at radius 2 is 2.05 bits per heavy atom. The quantitative estimate of drug-likeness (QED) is 0.917. The molecule has 1 saturated carbocycles. The summed E-state index contributed by atoms with van der Waals surface area (Å²) in [5.74, 6) is 2.12. The molecule has 1 N–H and O–H groups in total. The number of rotatable bonds is 4. The van der Waals surface area contributed by atoms with Crippen LogP contribution in [0.2, 0.25) is 0 Å². The van der Waals surface area contributed by atoms with E-state index in [4.69, 9.17) is 0 Å². The van der Waals surface area contributed by atoms with E-state index in [0.29, 0.717) is 11.6 Å². The van der Waals surface area contributed by atoms with E-state index in [1.807, 2.05) is 6.07 Å². The van der Waals surface area contributed by atoms with Gasteiger partial charge in [-0.1, -0.05) is 26.2 Å². The molecule has 5 heteroatoms. The molecule has 0 spiro atoms. The summed E-state index contributed by atoms with van der Waals surface area (Å²) < 4.78 is 0. The summed E-state index contributed by atoms with van der Waals surface area (Å²) >= 11 is 0. The standard InChI is InChI=1S/C15H24N4O/c1-11-6-4-5-7-12(11)10-16-14-9-8-13(17-18-14)15(20)19(2)3/h8-9,11-12H,4-7,10H2,1-3H3,(H,16,18). The van der Waals surface area contributed by atoms with Crippen LogP contribution in [0.4, 0.5) is 5.82 Å². The van der Waals surface area contributed by atoms with Crippen LogP contribution in [0, 0.1) is 11.8 Å². The summed E-state index contributed by atoms with van der Waals surface area (Å²) in [6, 6.07) is 3.55. The van der Waals surface area contributed by atoms with Crippen molar-refractivity contribution in [3.63, 3.8) is 0 Å². The molecule has 1 aliphatic carbocycles. The lowest BCUT2D eigenvalue weighted by Gasteiger charge is -2.28. The van der Waals surface area contributed by atoms with E-state index in [1.165, 1.54) is 30.6 Å². The number of nitrogens with one attached hydrogen (secondary N) is 1. The number of amides is 1. The molecular weight excluding hydrogens is 252 g/mol. The van der Waals surface area contributed by atoms with Gasteiger partial charge in [0.05, 0.1) is 0 Å². The summed E-state index contributed by atoms with van der Waals surface area (Å²) in [5, 5.41) is 11.4. The molecule has 1 aromatic rings. The Morgan fingerprint density at radius 1 is 1.30 bits per heavy atom. The van der Waals surface area contributed by atoms with Crippen molar-refractivity contribution in [2.24, 2.45) is 11.8 Å². The zero-order valence-electron chi connectivity index (χ0n) is 12.6. The lowest BCUT2D eigenvalue weighted by Crippen LogP contribution is -2.25. The van der Waals surface area contributed by atoms with Crippen LogP contribution in [0.3, 0.4) is 0 Å².